The first-order valence-electron chi connectivity index (χ1n) is 10.6. The average molecular weight is 453 g/mol. The van der Waals surface area contributed by atoms with Gasteiger partial charge in [-0.1, -0.05) is 32.9 Å². The predicted octanol–water partition coefficient (Wildman–Crippen LogP) is 5.50. The van der Waals surface area contributed by atoms with Gasteiger partial charge in [0.25, 0.3) is 5.91 Å². The zero-order valence-electron chi connectivity index (χ0n) is 19.3. The van der Waals surface area contributed by atoms with Gasteiger partial charge in [0.05, 0.1) is 13.2 Å². The van der Waals surface area contributed by atoms with Crippen LogP contribution < -0.4 is 15.4 Å². The molecule has 0 aliphatic carbocycles. The molecule has 2 N–H and O–H groups in total. The van der Waals surface area contributed by atoms with Crippen molar-refractivity contribution in [3.8, 4) is 5.75 Å². The van der Waals surface area contributed by atoms with Gasteiger partial charge in [-0.05, 0) is 43.4 Å². The Hall–Kier alpha value is -2.71. The van der Waals surface area contributed by atoms with E-state index >= 15 is 0 Å². The summed E-state index contributed by atoms with van der Waals surface area (Å²) < 4.78 is 47.7. The monoisotopic (exact) mass is 452 g/mol. The molecule has 1 aromatic carbocycles. The number of methoxy groups -OCH3 is 1. The number of fused-ring (bicyclic) bond motifs is 1. The van der Waals surface area contributed by atoms with E-state index in [-0.39, 0.29) is 23.3 Å². The molecule has 0 bridgehead atoms. The molecule has 0 saturated heterocycles. The van der Waals surface area contributed by atoms with Crippen molar-refractivity contribution < 1.29 is 22.7 Å². The Kier molecular flexibility index (Phi) is 6.23. The summed E-state index contributed by atoms with van der Waals surface area (Å²) in [4.78, 5) is 12.8. The lowest BCUT2D eigenvalue weighted by molar-refractivity contribution is -0.173. The second-order valence-corrected chi connectivity index (χ2v) is 10.2. The van der Waals surface area contributed by atoms with Crippen LogP contribution in [0.4, 0.5) is 19.0 Å². The van der Waals surface area contributed by atoms with Crippen LogP contribution in [0.3, 0.4) is 0 Å². The number of ether oxygens (including phenoxy) is 1. The molecule has 2 heterocycles. The maximum Gasteiger partial charge on any atom is 0.410 e. The van der Waals surface area contributed by atoms with E-state index in [4.69, 9.17) is 4.74 Å². The van der Waals surface area contributed by atoms with Crippen molar-refractivity contribution in [1.29, 1.82) is 0 Å². The van der Waals surface area contributed by atoms with Crippen molar-refractivity contribution in [3.05, 3.63) is 41.6 Å². The minimum Gasteiger partial charge on any atom is -0.497 e. The van der Waals surface area contributed by atoms with E-state index < -0.39 is 29.7 Å². The molecule has 1 aliphatic rings. The van der Waals surface area contributed by atoms with Crippen LogP contribution in [0, 0.1) is 5.41 Å². The zero-order valence-corrected chi connectivity index (χ0v) is 19.3. The van der Waals surface area contributed by atoms with Crippen molar-refractivity contribution in [2.45, 2.75) is 71.3 Å². The van der Waals surface area contributed by atoms with Crippen LogP contribution in [0.1, 0.15) is 75.6 Å². The lowest BCUT2D eigenvalue weighted by Gasteiger charge is -2.33. The largest absolute Gasteiger partial charge is 0.497 e. The summed E-state index contributed by atoms with van der Waals surface area (Å²) in [6, 6.07) is 5.86. The van der Waals surface area contributed by atoms with Gasteiger partial charge >= 0.3 is 6.18 Å². The zero-order chi connectivity index (χ0) is 23.9. The second-order valence-electron chi connectivity index (χ2n) is 10.2. The topological polar surface area (TPSA) is 68.2 Å². The molecule has 32 heavy (non-hydrogen) atoms. The number of hydrogen-bond acceptors (Lipinski definition) is 4. The normalized spacial score (nSPS) is 19.2. The Labute approximate surface area is 186 Å². The van der Waals surface area contributed by atoms with Crippen molar-refractivity contribution >= 4 is 11.7 Å². The number of amides is 1. The number of halogens is 3. The van der Waals surface area contributed by atoms with Crippen molar-refractivity contribution in [3.63, 3.8) is 0 Å². The molecule has 1 amide bonds. The minimum atomic E-state index is -4.51. The van der Waals surface area contributed by atoms with Crippen LogP contribution in [0.2, 0.25) is 0 Å². The standard InChI is InChI=1S/C23H31F3N4O2/c1-21(2,3)13-22(4,5)28-20(31)17-12-19-27-16(14-7-9-15(32-6)10-8-14)11-18(23(24,25)26)30(19)29-17/h7-10,12,16,18,27H,11,13H2,1-6H3,(H,28,31)/t16-,18+/m1/s1. The average Bonchev–Trinajstić information content (AvgIpc) is 3.08. The van der Waals surface area contributed by atoms with Crippen LogP contribution in [0.5, 0.6) is 5.75 Å². The summed E-state index contributed by atoms with van der Waals surface area (Å²) >= 11 is 0. The molecule has 0 radical (unpaired) electrons. The van der Waals surface area contributed by atoms with Gasteiger partial charge in [-0.15, -0.1) is 0 Å². The SMILES string of the molecule is COc1ccc([C@H]2C[C@@H](C(F)(F)F)n3nc(C(=O)NC(C)(C)CC(C)(C)C)cc3N2)cc1. The molecular weight excluding hydrogens is 421 g/mol. The fourth-order valence-corrected chi connectivity index (χ4v) is 4.48. The molecule has 1 aliphatic heterocycles. The van der Waals surface area contributed by atoms with Gasteiger partial charge in [-0.3, -0.25) is 4.79 Å². The molecule has 9 heteroatoms. The van der Waals surface area contributed by atoms with E-state index in [1.807, 2.05) is 13.8 Å². The van der Waals surface area contributed by atoms with E-state index in [1.54, 1.807) is 24.3 Å². The number of nitrogens with zero attached hydrogens (tertiary/aromatic N) is 2. The molecule has 1 aromatic heterocycles. The number of aromatic nitrogens is 2. The number of benzene rings is 1. The highest BCUT2D eigenvalue weighted by Crippen LogP contribution is 2.43. The van der Waals surface area contributed by atoms with Crippen LogP contribution in [0.15, 0.2) is 30.3 Å². The molecule has 0 spiro atoms. The maximum atomic E-state index is 13.9. The van der Waals surface area contributed by atoms with Crippen molar-refractivity contribution in [1.82, 2.24) is 15.1 Å². The van der Waals surface area contributed by atoms with Crippen LogP contribution >= 0.6 is 0 Å². The minimum absolute atomic E-state index is 0.0290. The Morgan fingerprint density at radius 3 is 2.34 bits per heavy atom. The second kappa shape index (κ2) is 8.33. The highest BCUT2D eigenvalue weighted by molar-refractivity contribution is 5.93. The quantitative estimate of drug-likeness (QED) is 0.629. The highest BCUT2D eigenvalue weighted by Gasteiger charge is 2.47. The molecular formula is C23H31F3N4O2. The van der Waals surface area contributed by atoms with Crippen LogP contribution in [0.25, 0.3) is 0 Å². The third kappa shape index (κ3) is 5.55. The van der Waals surface area contributed by atoms with Crippen molar-refractivity contribution in [2.75, 3.05) is 12.4 Å². The summed E-state index contributed by atoms with van der Waals surface area (Å²) in [6.07, 6.45) is -4.05. The van der Waals surface area contributed by atoms with Crippen LogP contribution in [-0.4, -0.2) is 34.5 Å². The number of alkyl halides is 3. The Morgan fingerprint density at radius 2 is 1.81 bits per heavy atom. The molecule has 3 rings (SSSR count). The number of carbonyl (C=O) groups is 1. The summed E-state index contributed by atoms with van der Waals surface area (Å²) in [5.41, 5.74) is 0.0876. The lowest BCUT2D eigenvalue weighted by atomic mass is 9.82. The smallest absolute Gasteiger partial charge is 0.410 e. The molecule has 0 fully saturated rings. The van der Waals surface area contributed by atoms with Gasteiger partial charge < -0.3 is 15.4 Å². The Bertz CT molecular complexity index is 959. The Balaban J connectivity index is 1.88. The summed E-state index contributed by atoms with van der Waals surface area (Å²) in [6.45, 7) is 9.97. The first-order valence-corrected chi connectivity index (χ1v) is 10.6. The lowest BCUT2D eigenvalue weighted by Crippen LogP contribution is -2.46. The third-order valence-electron chi connectivity index (χ3n) is 5.36. The van der Waals surface area contributed by atoms with E-state index in [0.29, 0.717) is 17.7 Å². The third-order valence-corrected chi connectivity index (χ3v) is 5.36. The Morgan fingerprint density at radius 1 is 1.19 bits per heavy atom. The molecule has 2 atom stereocenters. The number of nitrogens with one attached hydrogen (secondary N) is 2. The van der Waals surface area contributed by atoms with E-state index in [9.17, 15) is 18.0 Å². The van der Waals surface area contributed by atoms with Gasteiger partial charge in [0.15, 0.2) is 11.7 Å². The van der Waals surface area contributed by atoms with E-state index in [2.05, 4.69) is 36.5 Å². The molecule has 6 nitrogen and oxygen atoms in total. The van der Waals surface area contributed by atoms with Crippen LogP contribution in [-0.2, 0) is 0 Å². The summed E-state index contributed by atoms with van der Waals surface area (Å²) in [7, 11) is 1.53. The van der Waals surface area contributed by atoms with Gasteiger partial charge in [0.1, 0.15) is 11.6 Å². The highest BCUT2D eigenvalue weighted by atomic mass is 19.4. The first-order chi connectivity index (χ1) is 14.7. The molecule has 2 aromatic rings. The molecule has 0 unspecified atom stereocenters. The molecule has 176 valence electrons. The van der Waals surface area contributed by atoms with E-state index in [1.165, 1.54) is 13.2 Å². The predicted molar refractivity (Wildman–Crippen MR) is 117 cm³/mol. The fourth-order valence-electron chi connectivity index (χ4n) is 4.48. The first kappa shape index (κ1) is 23.9. The van der Waals surface area contributed by atoms with Gasteiger partial charge in [0, 0.05) is 18.0 Å². The summed E-state index contributed by atoms with van der Waals surface area (Å²) in [5.74, 6) is 0.293. The maximum absolute atomic E-state index is 13.9. The van der Waals surface area contributed by atoms with E-state index in [0.717, 1.165) is 4.68 Å². The number of anilines is 1. The molecule has 0 saturated carbocycles. The number of hydrogen-bond donors (Lipinski definition) is 2. The van der Waals surface area contributed by atoms with Gasteiger partial charge in [-0.25, -0.2) is 4.68 Å². The number of rotatable bonds is 5. The number of carbonyl (C=O) groups excluding carboxylic acids is 1. The van der Waals surface area contributed by atoms with Gasteiger partial charge in [-0.2, -0.15) is 18.3 Å². The fraction of sp³-hybridized carbons (Fsp3) is 0.565. The summed E-state index contributed by atoms with van der Waals surface area (Å²) in [5, 5.41) is 10.1. The van der Waals surface area contributed by atoms with Crippen molar-refractivity contribution in [2.24, 2.45) is 5.41 Å². The van der Waals surface area contributed by atoms with Gasteiger partial charge in [0.2, 0.25) is 0 Å².